The van der Waals surface area contributed by atoms with Crippen LogP contribution in [-0.4, -0.2) is 30.1 Å². The van der Waals surface area contributed by atoms with E-state index in [2.05, 4.69) is 15.3 Å². The number of hydrogen-bond donors (Lipinski definition) is 2. The van der Waals surface area contributed by atoms with Gasteiger partial charge < -0.3 is 15.2 Å². The Balaban J connectivity index is 1.83. The van der Waals surface area contributed by atoms with Gasteiger partial charge in [-0.05, 0) is 53.6 Å². The molecule has 1 amide bonds. The molecular weight excluding hydrogens is 430 g/mol. The van der Waals surface area contributed by atoms with Gasteiger partial charge in [-0.15, -0.1) is 11.3 Å². The van der Waals surface area contributed by atoms with Gasteiger partial charge in [-0.2, -0.15) is 0 Å². The van der Waals surface area contributed by atoms with Crippen molar-refractivity contribution in [2.75, 3.05) is 18.5 Å². The highest BCUT2D eigenvalue weighted by Gasteiger charge is 2.22. The maximum absolute atomic E-state index is 13.9. The van der Waals surface area contributed by atoms with E-state index in [1.807, 2.05) is 0 Å². The van der Waals surface area contributed by atoms with Gasteiger partial charge in [0.25, 0.3) is 5.91 Å². The van der Waals surface area contributed by atoms with Crippen LogP contribution < -0.4 is 10.1 Å². The molecule has 0 atom stereocenters. The summed E-state index contributed by atoms with van der Waals surface area (Å²) < 4.78 is 33.1. The first-order chi connectivity index (χ1) is 14.9. The molecule has 1 aromatic heterocycles. The van der Waals surface area contributed by atoms with E-state index in [9.17, 15) is 23.5 Å². The fourth-order valence-electron chi connectivity index (χ4n) is 2.65. The average Bonchev–Trinajstić information content (AvgIpc) is 3.15. The van der Waals surface area contributed by atoms with Gasteiger partial charge in [0.2, 0.25) is 0 Å². The molecule has 0 aliphatic rings. The first-order valence-electron chi connectivity index (χ1n) is 8.77. The lowest BCUT2D eigenvalue weighted by Crippen LogP contribution is -2.16. The molecule has 0 radical (unpaired) electrons. The van der Waals surface area contributed by atoms with E-state index in [1.54, 1.807) is 24.3 Å². The molecular formula is C20H14F2N4O4S. The molecule has 0 aliphatic carbocycles. The Morgan fingerprint density at radius 3 is 2.45 bits per heavy atom. The molecule has 11 heteroatoms. The lowest BCUT2D eigenvalue weighted by atomic mass is 10.1. The van der Waals surface area contributed by atoms with Crippen molar-refractivity contribution in [1.29, 1.82) is 0 Å². The fourth-order valence-corrected chi connectivity index (χ4v) is 3.61. The minimum atomic E-state index is -1.29. The van der Waals surface area contributed by atoms with Crippen LogP contribution in [0.1, 0.15) is 20.0 Å². The molecule has 31 heavy (non-hydrogen) atoms. The van der Waals surface area contributed by atoms with Gasteiger partial charge in [-0.1, -0.05) is 11.2 Å². The Morgan fingerprint density at radius 2 is 1.84 bits per heavy atom. The number of aromatic carboxylic acids is 1. The van der Waals surface area contributed by atoms with Crippen molar-refractivity contribution in [2.24, 2.45) is 5.11 Å². The summed E-state index contributed by atoms with van der Waals surface area (Å²) in [6.07, 6.45) is 0. The second-order valence-corrected chi connectivity index (χ2v) is 7.09. The topological polar surface area (TPSA) is 124 Å². The van der Waals surface area contributed by atoms with Gasteiger partial charge in [0.15, 0.2) is 0 Å². The van der Waals surface area contributed by atoms with Crippen molar-refractivity contribution in [2.45, 2.75) is 0 Å². The Kier molecular flexibility index (Phi) is 6.81. The number of carbonyl (C=O) groups is 2. The molecule has 0 bridgehead atoms. The number of ether oxygens (including phenoxy) is 1. The summed E-state index contributed by atoms with van der Waals surface area (Å²) in [5.41, 5.74) is 8.01. The van der Waals surface area contributed by atoms with Crippen LogP contribution >= 0.6 is 11.3 Å². The quantitative estimate of drug-likeness (QED) is 0.211. The molecule has 0 unspecified atom stereocenters. The van der Waals surface area contributed by atoms with Crippen LogP contribution in [0.5, 0.6) is 5.75 Å². The molecule has 0 aliphatic heterocycles. The van der Waals surface area contributed by atoms with Crippen LogP contribution in [0.15, 0.2) is 53.6 Å². The third-order valence-electron chi connectivity index (χ3n) is 4.03. The average molecular weight is 444 g/mol. The Bertz CT molecular complexity index is 1150. The number of benzene rings is 2. The molecule has 3 aromatic rings. The third-order valence-corrected chi connectivity index (χ3v) is 5.20. The van der Waals surface area contributed by atoms with E-state index in [4.69, 9.17) is 10.3 Å². The van der Waals surface area contributed by atoms with Crippen LogP contribution in [0.2, 0.25) is 0 Å². The summed E-state index contributed by atoms with van der Waals surface area (Å²) >= 11 is 0.899. The van der Waals surface area contributed by atoms with Gasteiger partial charge in [-0.25, -0.2) is 13.6 Å². The van der Waals surface area contributed by atoms with Crippen molar-refractivity contribution in [3.63, 3.8) is 0 Å². The van der Waals surface area contributed by atoms with Gasteiger partial charge >= 0.3 is 5.97 Å². The number of rotatable bonds is 8. The number of anilines is 1. The van der Waals surface area contributed by atoms with Crippen LogP contribution in [0.3, 0.4) is 0 Å². The molecule has 2 aromatic carbocycles. The van der Waals surface area contributed by atoms with Gasteiger partial charge in [0.05, 0.1) is 18.8 Å². The molecule has 3 rings (SSSR count). The zero-order valence-electron chi connectivity index (χ0n) is 15.7. The minimum absolute atomic E-state index is 0.0742. The lowest BCUT2D eigenvalue weighted by Gasteiger charge is -2.06. The minimum Gasteiger partial charge on any atom is -0.493 e. The van der Waals surface area contributed by atoms with Crippen LogP contribution in [0.25, 0.3) is 20.9 Å². The molecule has 8 nitrogen and oxygen atoms in total. The summed E-state index contributed by atoms with van der Waals surface area (Å²) in [5.74, 6) is -3.97. The smallest absolute Gasteiger partial charge is 0.348 e. The summed E-state index contributed by atoms with van der Waals surface area (Å²) in [4.78, 5) is 26.9. The van der Waals surface area contributed by atoms with E-state index in [0.717, 1.165) is 29.5 Å². The molecule has 0 fully saturated rings. The highest BCUT2D eigenvalue weighted by Crippen LogP contribution is 2.36. The number of carboxylic acid groups (broad SMARTS) is 1. The number of amides is 1. The maximum atomic E-state index is 13.9. The van der Waals surface area contributed by atoms with E-state index < -0.39 is 29.1 Å². The molecule has 158 valence electrons. The van der Waals surface area contributed by atoms with Crippen molar-refractivity contribution in [3.8, 4) is 16.2 Å². The monoisotopic (exact) mass is 444 g/mol. The summed E-state index contributed by atoms with van der Waals surface area (Å²) in [6.45, 7) is 0.380. The first-order valence-corrected chi connectivity index (χ1v) is 9.59. The van der Waals surface area contributed by atoms with E-state index in [0.29, 0.717) is 16.2 Å². The Hall–Kier alpha value is -3.95. The second-order valence-electron chi connectivity index (χ2n) is 6.04. The Labute approximate surface area is 178 Å². The molecule has 0 saturated heterocycles. The van der Waals surface area contributed by atoms with Crippen molar-refractivity contribution < 1.29 is 28.2 Å². The number of carboxylic acids is 1. The Morgan fingerprint density at radius 1 is 1.16 bits per heavy atom. The number of hydrogen-bond acceptors (Lipinski definition) is 5. The van der Waals surface area contributed by atoms with Gasteiger partial charge in [0.1, 0.15) is 27.8 Å². The van der Waals surface area contributed by atoms with E-state index in [-0.39, 0.29) is 23.7 Å². The zero-order chi connectivity index (χ0) is 22.4. The largest absolute Gasteiger partial charge is 0.493 e. The van der Waals surface area contributed by atoms with E-state index in [1.165, 1.54) is 6.07 Å². The standard InChI is InChI=1S/C20H14F2N4O4S/c21-13-2-1-3-14(22)17(13)19(27)25-15-10-16(31-18(15)20(28)29)11-4-6-12(7-5-11)30-9-8-24-26-23/h1-7,10H,8-9H2,(H,25,27)(H,28,29). The van der Waals surface area contributed by atoms with Crippen molar-refractivity contribution in [3.05, 3.63) is 81.0 Å². The number of nitrogens with one attached hydrogen (secondary N) is 1. The highest BCUT2D eigenvalue weighted by atomic mass is 32.1. The molecule has 1 heterocycles. The number of thiophene rings is 1. The third kappa shape index (κ3) is 5.16. The van der Waals surface area contributed by atoms with E-state index >= 15 is 0 Å². The SMILES string of the molecule is [N-]=[N+]=NCCOc1ccc(-c2cc(NC(=O)c3c(F)cccc3F)c(C(=O)O)s2)cc1. The van der Waals surface area contributed by atoms with Gasteiger partial charge in [0, 0.05) is 9.79 Å². The normalized spacial score (nSPS) is 10.3. The molecule has 0 spiro atoms. The predicted octanol–water partition coefficient (Wildman–Crippen LogP) is 5.33. The maximum Gasteiger partial charge on any atom is 0.348 e. The summed E-state index contributed by atoms with van der Waals surface area (Å²) in [7, 11) is 0. The van der Waals surface area contributed by atoms with Gasteiger partial charge in [-0.3, -0.25) is 4.79 Å². The summed E-state index contributed by atoms with van der Waals surface area (Å²) in [5, 5.41) is 15.1. The lowest BCUT2D eigenvalue weighted by molar-refractivity contribution is 0.0703. The predicted molar refractivity (Wildman–Crippen MR) is 111 cm³/mol. The summed E-state index contributed by atoms with van der Waals surface area (Å²) in [6, 6.07) is 11.1. The zero-order valence-corrected chi connectivity index (χ0v) is 16.5. The van der Waals surface area contributed by atoms with Crippen LogP contribution in [-0.2, 0) is 0 Å². The van der Waals surface area contributed by atoms with Crippen LogP contribution in [0.4, 0.5) is 14.5 Å². The number of azide groups is 1. The molecule has 0 saturated carbocycles. The number of nitrogens with zero attached hydrogens (tertiary/aromatic N) is 3. The first kappa shape index (κ1) is 21.8. The second kappa shape index (κ2) is 9.70. The number of halogens is 2. The number of carbonyl (C=O) groups excluding carboxylic acids is 1. The fraction of sp³-hybridized carbons (Fsp3) is 0.100. The highest BCUT2D eigenvalue weighted by molar-refractivity contribution is 7.18. The van der Waals surface area contributed by atoms with Crippen LogP contribution in [0, 0.1) is 11.6 Å². The molecule has 2 N–H and O–H groups in total. The van der Waals surface area contributed by atoms with Crippen molar-refractivity contribution >= 4 is 28.9 Å². The van der Waals surface area contributed by atoms with Crippen molar-refractivity contribution in [1.82, 2.24) is 0 Å².